The van der Waals surface area contributed by atoms with Crippen LogP contribution < -0.4 is 10.6 Å². The number of anilines is 1. The number of aromatic nitrogens is 2. The summed E-state index contributed by atoms with van der Waals surface area (Å²) in [4.78, 5) is 27.4. The molecule has 2 aromatic carbocycles. The zero-order chi connectivity index (χ0) is 26.5. The van der Waals surface area contributed by atoms with Gasteiger partial charge in [-0.1, -0.05) is 11.6 Å². The van der Waals surface area contributed by atoms with Crippen LogP contribution in [0.15, 0.2) is 24.3 Å². The summed E-state index contributed by atoms with van der Waals surface area (Å²) in [5.41, 5.74) is 1.41. The van der Waals surface area contributed by atoms with E-state index in [0.717, 1.165) is 25.7 Å². The minimum atomic E-state index is -2.61. The first-order valence-corrected chi connectivity index (χ1v) is 13.4. The summed E-state index contributed by atoms with van der Waals surface area (Å²) in [5.74, 6) is 0.371. The Labute approximate surface area is 221 Å². The topological polar surface area (TPSA) is 76.0 Å². The number of nitrogens with one attached hydrogen (secondary N) is 2. The molecule has 2 N–H and O–H groups in total. The molecule has 4 saturated carbocycles. The van der Waals surface area contributed by atoms with Crippen LogP contribution >= 0.6 is 11.6 Å². The van der Waals surface area contributed by atoms with Gasteiger partial charge in [-0.15, -0.1) is 0 Å². The molecule has 4 aliphatic carbocycles. The minimum Gasteiger partial charge on any atom is -0.341 e. The van der Waals surface area contributed by atoms with Crippen LogP contribution in [0.1, 0.15) is 65.3 Å². The summed E-state index contributed by atoms with van der Waals surface area (Å²) in [6, 6.07) is 4.72. The van der Waals surface area contributed by atoms with E-state index in [2.05, 4.69) is 15.7 Å². The second kappa shape index (κ2) is 8.21. The van der Waals surface area contributed by atoms with Crippen molar-refractivity contribution >= 4 is 40.0 Å². The molecule has 2 amide bonds. The minimum absolute atomic E-state index is 0.0866. The Balaban J connectivity index is 1.41. The van der Waals surface area contributed by atoms with Crippen LogP contribution in [0.4, 0.5) is 18.9 Å². The number of rotatable bonds is 5. The number of alkyl halides is 2. The normalized spacial score (nSPS) is 28.9. The van der Waals surface area contributed by atoms with E-state index in [1.165, 1.54) is 29.3 Å². The lowest BCUT2D eigenvalue weighted by Gasteiger charge is -2.32. The lowest BCUT2D eigenvalue weighted by molar-refractivity contribution is -0.127. The Hall–Kier alpha value is -3.07. The number of fused-ring (bicyclic) bond motifs is 3. The molecule has 198 valence electrons. The van der Waals surface area contributed by atoms with E-state index in [-0.39, 0.29) is 27.7 Å². The van der Waals surface area contributed by atoms with Gasteiger partial charge in [0.05, 0.1) is 29.1 Å². The molecular weight excluding hydrogens is 517 g/mol. The summed E-state index contributed by atoms with van der Waals surface area (Å²) in [7, 11) is 1.56. The van der Waals surface area contributed by atoms with Crippen molar-refractivity contribution < 1.29 is 22.8 Å². The largest absolute Gasteiger partial charge is 0.341 e. The van der Waals surface area contributed by atoms with Crippen LogP contribution in [0.3, 0.4) is 0 Å². The van der Waals surface area contributed by atoms with Gasteiger partial charge < -0.3 is 10.6 Å². The van der Waals surface area contributed by atoms with Gasteiger partial charge in [0, 0.05) is 34.3 Å². The van der Waals surface area contributed by atoms with Crippen LogP contribution in [0, 0.1) is 29.0 Å². The van der Waals surface area contributed by atoms with Gasteiger partial charge in [0.25, 0.3) is 5.91 Å². The molecule has 1 aromatic heterocycles. The quantitative estimate of drug-likeness (QED) is 0.430. The molecule has 3 atom stereocenters. The first-order chi connectivity index (χ1) is 18.1. The second-order valence-corrected chi connectivity index (χ2v) is 11.9. The molecule has 4 fully saturated rings. The van der Waals surface area contributed by atoms with Gasteiger partial charge in [0.15, 0.2) is 0 Å². The average molecular weight is 543 g/mol. The van der Waals surface area contributed by atoms with Gasteiger partial charge in [-0.25, -0.2) is 13.2 Å². The van der Waals surface area contributed by atoms with Crippen LogP contribution in [0.2, 0.25) is 5.02 Å². The van der Waals surface area contributed by atoms with Crippen molar-refractivity contribution in [3.8, 4) is 0 Å². The fourth-order valence-electron chi connectivity index (χ4n) is 8.08. The van der Waals surface area contributed by atoms with E-state index in [9.17, 15) is 22.8 Å². The van der Waals surface area contributed by atoms with Crippen molar-refractivity contribution in [3.05, 3.63) is 57.5 Å². The lowest BCUT2D eigenvalue weighted by Crippen LogP contribution is -2.37. The predicted molar refractivity (Wildman–Crippen MR) is 136 cm³/mol. The van der Waals surface area contributed by atoms with Crippen LogP contribution in [0.5, 0.6) is 0 Å². The lowest BCUT2D eigenvalue weighted by atomic mass is 9.75. The Morgan fingerprint density at radius 2 is 1.97 bits per heavy atom. The van der Waals surface area contributed by atoms with Gasteiger partial charge in [0.2, 0.25) is 12.3 Å². The average Bonchev–Trinajstić information content (AvgIpc) is 3.52. The van der Waals surface area contributed by atoms with E-state index in [1.807, 2.05) is 0 Å². The SMILES string of the molecule is Cn1nc2c3c(c(NC(=O)C45CC6CC(CC4C6)C5)cc2c1CC(F)F)C(c1cc(F)ccc1Cl)NC3=O. The van der Waals surface area contributed by atoms with Gasteiger partial charge in [0.1, 0.15) is 11.3 Å². The van der Waals surface area contributed by atoms with E-state index < -0.39 is 36.0 Å². The highest BCUT2D eigenvalue weighted by Crippen LogP contribution is 2.65. The monoisotopic (exact) mass is 542 g/mol. The molecular formula is C28H26ClF3N4O2. The highest BCUT2D eigenvalue weighted by molar-refractivity contribution is 6.31. The van der Waals surface area contributed by atoms with Crippen molar-refractivity contribution in [1.29, 1.82) is 0 Å². The number of hydrogen-bond donors (Lipinski definition) is 2. The molecule has 3 unspecified atom stereocenters. The molecule has 0 spiro atoms. The third-order valence-corrected chi connectivity index (χ3v) is 9.73. The van der Waals surface area contributed by atoms with E-state index in [4.69, 9.17) is 11.6 Å². The summed E-state index contributed by atoms with van der Waals surface area (Å²) in [6.45, 7) is 0. The second-order valence-electron chi connectivity index (χ2n) is 11.5. The van der Waals surface area contributed by atoms with Crippen molar-refractivity contribution in [3.63, 3.8) is 0 Å². The van der Waals surface area contributed by atoms with Crippen LogP contribution in [-0.4, -0.2) is 28.0 Å². The van der Waals surface area contributed by atoms with Crippen molar-refractivity contribution in [2.75, 3.05) is 5.32 Å². The van der Waals surface area contributed by atoms with Crippen molar-refractivity contribution in [1.82, 2.24) is 15.1 Å². The molecule has 4 bridgehead atoms. The zero-order valence-corrected chi connectivity index (χ0v) is 21.4. The molecule has 2 heterocycles. The zero-order valence-electron chi connectivity index (χ0n) is 20.7. The number of hydrogen-bond acceptors (Lipinski definition) is 3. The molecule has 1 aliphatic heterocycles. The van der Waals surface area contributed by atoms with Gasteiger partial charge >= 0.3 is 0 Å². The van der Waals surface area contributed by atoms with E-state index >= 15 is 0 Å². The van der Waals surface area contributed by atoms with Crippen LogP contribution in [-0.2, 0) is 18.3 Å². The number of aryl methyl sites for hydroxylation is 1. The molecule has 10 heteroatoms. The molecule has 5 aliphatic rings. The van der Waals surface area contributed by atoms with Gasteiger partial charge in [-0.3, -0.25) is 14.3 Å². The smallest absolute Gasteiger partial charge is 0.254 e. The summed E-state index contributed by atoms with van der Waals surface area (Å²) in [6.07, 6.45) is 1.84. The van der Waals surface area contributed by atoms with E-state index in [0.29, 0.717) is 40.0 Å². The summed E-state index contributed by atoms with van der Waals surface area (Å²) >= 11 is 6.44. The number of carbonyl (C=O) groups is 2. The number of halogens is 4. The molecule has 6 nitrogen and oxygen atoms in total. The van der Waals surface area contributed by atoms with Crippen molar-refractivity contribution in [2.45, 2.75) is 51.0 Å². The fraction of sp³-hybridized carbons (Fsp3) is 0.464. The first kappa shape index (κ1) is 24.0. The van der Waals surface area contributed by atoms with Crippen LogP contribution in [0.25, 0.3) is 10.9 Å². The Morgan fingerprint density at radius 3 is 2.68 bits per heavy atom. The Bertz CT molecular complexity index is 1520. The third-order valence-electron chi connectivity index (χ3n) is 9.39. The maximum absolute atomic E-state index is 14.3. The number of benzene rings is 2. The standard InChI is InChI=1S/C28H26ClF3N4O2/c1-36-20(9-21(31)32)17-8-19(33-27(38)28-10-12-4-13(11-28)6-14(28)5-12)22-23(25(17)35-36)26(37)34-24(22)16-7-15(30)2-3-18(16)29/h2-3,7-8,12-14,21,24H,4-6,9-11H2,1H3,(H,33,38)(H,34,37). The summed E-state index contributed by atoms with van der Waals surface area (Å²) < 4.78 is 42.6. The Morgan fingerprint density at radius 1 is 1.24 bits per heavy atom. The summed E-state index contributed by atoms with van der Waals surface area (Å²) in [5, 5.41) is 11.1. The molecule has 38 heavy (non-hydrogen) atoms. The van der Waals surface area contributed by atoms with Gasteiger partial charge in [-0.05, 0) is 74.1 Å². The number of nitrogens with zero attached hydrogens (tertiary/aromatic N) is 2. The molecule has 8 rings (SSSR count). The third kappa shape index (κ3) is 3.36. The Kier molecular flexibility index (Phi) is 5.19. The van der Waals surface area contributed by atoms with Crippen molar-refractivity contribution in [2.24, 2.45) is 30.2 Å². The first-order valence-electron chi connectivity index (χ1n) is 13.0. The predicted octanol–water partition coefficient (Wildman–Crippen LogP) is 5.77. The molecule has 3 aromatic rings. The maximum Gasteiger partial charge on any atom is 0.254 e. The number of carbonyl (C=O) groups excluding carboxylic acids is 2. The highest BCUT2D eigenvalue weighted by atomic mass is 35.5. The molecule has 0 radical (unpaired) electrons. The molecule has 0 saturated heterocycles. The number of amides is 2. The highest BCUT2D eigenvalue weighted by Gasteiger charge is 2.61. The maximum atomic E-state index is 14.3. The van der Waals surface area contributed by atoms with Gasteiger partial charge in [-0.2, -0.15) is 5.10 Å². The van der Waals surface area contributed by atoms with E-state index in [1.54, 1.807) is 13.1 Å². The fourth-order valence-corrected chi connectivity index (χ4v) is 8.30.